The van der Waals surface area contributed by atoms with E-state index in [-0.39, 0.29) is 24.1 Å². The van der Waals surface area contributed by atoms with Gasteiger partial charge in [0.25, 0.3) is 5.69 Å². The summed E-state index contributed by atoms with van der Waals surface area (Å²) in [7, 11) is 1.86. The number of nitro benzene ring substituents is 1. The molecule has 0 aliphatic carbocycles. The monoisotopic (exact) mass is 352 g/mol. The lowest BCUT2D eigenvalue weighted by atomic mass is 10.1. The second-order valence-electron chi connectivity index (χ2n) is 5.96. The number of rotatable bonds is 7. The number of nitrogens with zero attached hydrogens (tertiary/aromatic N) is 3. The van der Waals surface area contributed by atoms with Gasteiger partial charge in [-0.05, 0) is 31.7 Å². The quantitative estimate of drug-likeness (QED) is 0.607. The van der Waals surface area contributed by atoms with Gasteiger partial charge in [0.05, 0.1) is 16.2 Å². The molecule has 0 bridgehead atoms. The molecule has 1 unspecified atom stereocenters. The minimum absolute atomic E-state index is 0.0496. The third-order valence-corrected chi connectivity index (χ3v) is 4.24. The molecular formula is C19H20N4O3. The zero-order valence-electron chi connectivity index (χ0n) is 14.7. The van der Waals surface area contributed by atoms with Gasteiger partial charge >= 0.3 is 0 Å². The molecule has 0 radical (unpaired) electrons. The van der Waals surface area contributed by atoms with Crippen LogP contribution in [0.5, 0.6) is 0 Å². The van der Waals surface area contributed by atoms with Crippen LogP contribution in [0.2, 0.25) is 0 Å². The number of amides is 1. The first-order chi connectivity index (χ1) is 12.4. The standard InChI is InChI=1S/C19H20N4O3/c1-14(15-7-5-8-17(12-15)23(25)26)22(2)11-10-19(24)21-18-9-4-3-6-16(18)13-20/h3-9,12,14H,10-11H2,1-2H3,(H,21,24). The van der Waals surface area contributed by atoms with Gasteiger partial charge in [-0.2, -0.15) is 5.26 Å². The van der Waals surface area contributed by atoms with Gasteiger partial charge in [0.2, 0.25) is 5.91 Å². The van der Waals surface area contributed by atoms with Crippen LogP contribution in [0.3, 0.4) is 0 Å². The van der Waals surface area contributed by atoms with Crippen LogP contribution in [0.4, 0.5) is 11.4 Å². The van der Waals surface area contributed by atoms with E-state index in [0.717, 1.165) is 5.56 Å². The molecule has 0 aliphatic heterocycles. The van der Waals surface area contributed by atoms with Gasteiger partial charge in [-0.3, -0.25) is 19.8 Å². The Bertz CT molecular complexity index is 845. The van der Waals surface area contributed by atoms with E-state index in [0.29, 0.717) is 17.8 Å². The summed E-state index contributed by atoms with van der Waals surface area (Å²) in [5.41, 5.74) is 1.78. The molecule has 2 aromatic carbocycles. The maximum atomic E-state index is 12.2. The first-order valence-electron chi connectivity index (χ1n) is 8.16. The molecule has 0 fully saturated rings. The molecule has 26 heavy (non-hydrogen) atoms. The van der Waals surface area contributed by atoms with Gasteiger partial charge < -0.3 is 5.32 Å². The summed E-state index contributed by atoms with van der Waals surface area (Å²) in [6.45, 7) is 2.41. The number of hydrogen-bond acceptors (Lipinski definition) is 5. The number of carbonyl (C=O) groups is 1. The van der Waals surface area contributed by atoms with Crippen LogP contribution in [0.1, 0.15) is 30.5 Å². The van der Waals surface area contributed by atoms with E-state index in [9.17, 15) is 14.9 Å². The molecule has 2 rings (SSSR count). The fourth-order valence-electron chi connectivity index (χ4n) is 2.53. The van der Waals surface area contributed by atoms with Gasteiger partial charge in [-0.25, -0.2) is 0 Å². The first kappa shape index (κ1) is 19.1. The van der Waals surface area contributed by atoms with Gasteiger partial charge in [0.1, 0.15) is 6.07 Å². The molecule has 0 saturated carbocycles. The van der Waals surface area contributed by atoms with Crippen molar-refractivity contribution in [3.63, 3.8) is 0 Å². The van der Waals surface area contributed by atoms with Gasteiger partial charge in [-0.1, -0.05) is 24.3 Å². The van der Waals surface area contributed by atoms with E-state index >= 15 is 0 Å². The summed E-state index contributed by atoms with van der Waals surface area (Å²) in [6, 6.07) is 15.3. The molecular weight excluding hydrogens is 332 g/mol. The highest BCUT2D eigenvalue weighted by Gasteiger charge is 2.16. The largest absolute Gasteiger partial charge is 0.325 e. The van der Waals surface area contributed by atoms with Crippen molar-refractivity contribution in [3.8, 4) is 6.07 Å². The van der Waals surface area contributed by atoms with E-state index in [1.807, 2.05) is 31.0 Å². The Kier molecular flexibility index (Phi) is 6.42. The lowest BCUT2D eigenvalue weighted by Crippen LogP contribution is -2.27. The normalized spacial score (nSPS) is 11.6. The number of hydrogen-bond donors (Lipinski definition) is 1. The zero-order valence-corrected chi connectivity index (χ0v) is 14.7. The van der Waals surface area contributed by atoms with Crippen molar-refractivity contribution in [1.82, 2.24) is 4.90 Å². The Morgan fingerprint density at radius 1 is 1.31 bits per heavy atom. The Morgan fingerprint density at radius 3 is 2.73 bits per heavy atom. The van der Waals surface area contributed by atoms with Crippen molar-refractivity contribution < 1.29 is 9.72 Å². The minimum Gasteiger partial charge on any atom is -0.325 e. The first-order valence-corrected chi connectivity index (χ1v) is 8.16. The highest BCUT2D eigenvalue weighted by atomic mass is 16.6. The summed E-state index contributed by atoms with van der Waals surface area (Å²) < 4.78 is 0. The topological polar surface area (TPSA) is 99.3 Å². The molecule has 7 nitrogen and oxygen atoms in total. The molecule has 0 spiro atoms. The number of carbonyl (C=O) groups excluding carboxylic acids is 1. The molecule has 0 aliphatic rings. The number of anilines is 1. The van der Waals surface area contributed by atoms with Crippen LogP contribution < -0.4 is 5.32 Å². The van der Waals surface area contributed by atoms with Crippen LogP contribution in [0.15, 0.2) is 48.5 Å². The minimum atomic E-state index is -0.420. The Hall–Kier alpha value is -3.24. The lowest BCUT2D eigenvalue weighted by Gasteiger charge is -2.24. The van der Waals surface area contributed by atoms with E-state index in [1.165, 1.54) is 6.07 Å². The summed E-state index contributed by atoms with van der Waals surface area (Å²) in [5, 5.41) is 22.7. The molecule has 0 heterocycles. The Morgan fingerprint density at radius 2 is 2.04 bits per heavy atom. The maximum absolute atomic E-state index is 12.2. The Labute approximate surface area is 152 Å². The van der Waals surface area contributed by atoms with Crippen LogP contribution in [0.25, 0.3) is 0 Å². The molecule has 134 valence electrons. The molecule has 2 aromatic rings. The van der Waals surface area contributed by atoms with E-state index < -0.39 is 4.92 Å². The number of benzene rings is 2. The summed E-state index contributed by atoms with van der Waals surface area (Å²) in [6.07, 6.45) is 0.246. The number of nitriles is 1. The number of para-hydroxylation sites is 1. The third kappa shape index (κ3) is 4.88. The number of non-ortho nitro benzene ring substituents is 1. The summed E-state index contributed by atoms with van der Waals surface area (Å²) >= 11 is 0. The van der Waals surface area contributed by atoms with Crippen molar-refractivity contribution in [2.24, 2.45) is 0 Å². The van der Waals surface area contributed by atoms with Crippen molar-refractivity contribution in [3.05, 3.63) is 69.8 Å². The second-order valence-corrected chi connectivity index (χ2v) is 5.96. The molecule has 1 N–H and O–H groups in total. The third-order valence-electron chi connectivity index (χ3n) is 4.24. The number of nitro groups is 1. The maximum Gasteiger partial charge on any atom is 0.269 e. The fraction of sp³-hybridized carbons (Fsp3) is 0.263. The van der Waals surface area contributed by atoms with Crippen LogP contribution >= 0.6 is 0 Å². The molecule has 1 atom stereocenters. The SMILES string of the molecule is CC(c1cccc([N+](=O)[O-])c1)N(C)CCC(=O)Nc1ccccc1C#N. The van der Waals surface area contributed by atoms with Gasteiger partial charge in [0, 0.05) is 31.1 Å². The lowest BCUT2D eigenvalue weighted by molar-refractivity contribution is -0.384. The summed E-state index contributed by atoms with van der Waals surface area (Å²) in [5.74, 6) is -0.189. The van der Waals surface area contributed by atoms with Crippen LogP contribution in [0, 0.1) is 21.4 Å². The Balaban J connectivity index is 1.94. The summed E-state index contributed by atoms with van der Waals surface area (Å²) in [4.78, 5) is 24.6. The second kappa shape index (κ2) is 8.74. The van der Waals surface area contributed by atoms with Gasteiger partial charge in [0.15, 0.2) is 0 Å². The van der Waals surface area contributed by atoms with E-state index in [4.69, 9.17) is 5.26 Å². The predicted molar refractivity (Wildman–Crippen MR) is 98.5 cm³/mol. The number of nitrogens with one attached hydrogen (secondary N) is 1. The highest BCUT2D eigenvalue weighted by Crippen LogP contribution is 2.23. The van der Waals surface area contributed by atoms with Crippen LogP contribution in [-0.4, -0.2) is 29.3 Å². The average Bonchev–Trinajstić information content (AvgIpc) is 2.66. The molecule has 7 heteroatoms. The van der Waals surface area contributed by atoms with Crippen LogP contribution in [-0.2, 0) is 4.79 Å². The molecule has 0 aromatic heterocycles. The van der Waals surface area contributed by atoms with Gasteiger partial charge in [-0.15, -0.1) is 0 Å². The van der Waals surface area contributed by atoms with Crippen molar-refractivity contribution in [1.29, 1.82) is 5.26 Å². The van der Waals surface area contributed by atoms with Crippen molar-refractivity contribution in [2.75, 3.05) is 18.9 Å². The fourth-order valence-corrected chi connectivity index (χ4v) is 2.53. The molecule has 0 saturated heterocycles. The zero-order chi connectivity index (χ0) is 19.1. The van der Waals surface area contributed by atoms with Crippen molar-refractivity contribution in [2.45, 2.75) is 19.4 Å². The highest BCUT2D eigenvalue weighted by molar-refractivity contribution is 5.92. The van der Waals surface area contributed by atoms with E-state index in [1.54, 1.807) is 36.4 Å². The molecule has 1 amide bonds. The smallest absolute Gasteiger partial charge is 0.269 e. The van der Waals surface area contributed by atoms with E-state index in [2.05, 4.69) is 5.32 Å². The predicted octanol–water partition coefficient (Wildman–Crippen LogP) is 3.49. The van der Waals surface area contributed by atoms with Crippen molar-refractivity contribution >= 4 is 17.3 Å². The average molecular weight is 352 g/mol.